The summed E-state index contributed by atoms with van der Waals surface area (Å²) >= 11 is 0. The predicted molar refractivity (Wildman–Crippen MR) is 317 cm³/mol. The molecule has 474 valence electrons. The summed E-state index contributed by atoms with van der Waals surface area (Å²) in [4.78, 5) is 71.8. The van der Waals surface area contributed by atoms with Gasteiger partial charge in [-0.3, -0.25) is 37.3 Å². The summed E-state index contributed by atoms with van der Waals surface area (Å²) in [6.45, 7) is 9.30. The van der Waals surface area contributed by atoms with E-state index in [4.69, 9.17) is 37.0 Å². The summed E-state index contributed by atoms with van der Waals surface area (Å²) in [5.41, 5.74) is 0. The number of phosphoric acid groups is 2. The van der Waals surface area contributed by atoms with Crippen LogP contribution in [-0.4, -0.2) is 96.7 Å². The Morgan fingerprint density at radius 3 is 0.850 bits per heavy atom. The third kappa shape index (κ3) is 55.3. The van der Waals surface area contributed by atoms with Crippen molar-refractivity contribution < 1.29 is 80.2 Å². The lowest BCUT2D eigenvalue weighted by atomic mass is 10.0. The van der Waals surface area contributed by atoms with E-state index in [1.54, 1.807) is 0 Å². The molecule has 0 amide bonds. The second-order valence-electron chi connectivity index (χ2n) is 23.0. The third-order valence-electron chi connectivity index (χ3n) is 14.0. The van der Waals surface area contributed by atoms with Crippen LogP contribution < -0.4 is 0 Å². The van der Waals surface area contributed by atoms with Crippen LogP contribution in [0.2, 0.25) is 0 Å². The number of unbranched alkanes of at least 4 members (excludes halogenated alkanes) is 30. The Labute approximate surface area is 486 Å². The Kier molecular flexibility index (Phi) is 52.5. The van der Waals surface area contributed by atoms with Gasteiger partial charge in [0.05, 0.1) is 26.4 Å². The fourth-order valence-electron chi connectivity index (χ4n) is 9.00. The van der Waals surface area contributed by atoms with Crippen molar-refractivity contribution in [3.8, 4) is 0 Å². The molecule has 0 aliphatic carbocycles. The first kappa shape index (κ1) is 78.1. The van der Waals surface area contributed by atoms with Gasteiger partial charge < -0.3 is 33.8 Å². The van der Waals surface area contributed by atoms with Gasteiger partial charge in [-0.25, -0.2) is 9.13 Å². The van der Waals surface area contributed by atoms with E-state index in [0.29, 0.717) is 31.6 Å². The zero-order valence-corrected chi connectivity index (χ0v) is 53.2. The Bertz CT molecular complexity index is 1580. The number of aliphatic hydroxyl groups excluding tert-OH is 1. The Balaban J connectivity index is 5.17. The molecule has 0 spiro atoms. The number of carbonyl (C=O) groups is 4. The van der Waals surface area contributed by atoms with Gasteiger partial charge in [0.1, 0.15) is 19.3 Å². The Morgan fingerprint density at radius 2 is 0.575 bits per heavy atom. The highest BCUT2D eigenvalue weighted by atomic mass is 31.2. The average Bonchev–Trinajstić information content (AvgIpc) is 3.41. The SMILES string of the molecule is CCCCCCCCCCCCCC(=O)OC[C@H](COP(=O)(O)OC[C@@H](O)COP(=O)(O)OC[C@@H](COC(=O)CCCCCCC)OC(=O)CCCCCCCCC(C)C)OC(=O)CCCCCCCCCCCCCCC(C)C. The van der Waals surface area contributed by atoms with Crippen molar-refractivity contribution in [2.75, 3.05) is 39.6 Å². The van der Waals surface area contributed by atoms with Crippen molar-refractivity contribution in [3.05, 3.63) is 0 Å². The van der Waals surface area contributed by atoms with Crippen LogP contribution in [0.25, 0.3) is 0 Å². The van der Waals surface area contributed by atoms with Crippen LogP contribution in [0, 0.1) is 11.8 Å². The maximum atomic E-state index is 12.9. The quantitative estimate of drug-likeness (QED) is 0.0222. The summed E-state index contributed by atoms with van der Waals surface area (Å²) in [6, 6.07) is 0. The molecule has 0 aromatic rings. The van der Waals surface area contributed by atoms with E-state index in [0.717, 1.165) is 102 Å². The molecule has 2 unspecified atom stereocenters. The maximum absolute atomic E-state index is 12.9. The number of phosphoric ester groups is 2. The van der Waals surface area contributed by atoms with Crippen LogP contribution in [-0.2, 0) is 65.4 Å². The van der Waals surface area contributed by atoms with Gasteiger partial charge in [0, 0.05) is 25.7 Å². The Morgan fingerprint density at radius 1 is 0.338 bits per heavy atom. The first-order chi connectivity index (χ1) is 38.4. The summed E-state index contributed by atoms with van der Waals surface area (Å²) in [6.07, 6.45) is 35.3. The highest BCUT2D eigenvalue weighted by Crippen LogP contribution is 2.45. The minimum atomic E-state index is -4.94. The van der Waals surface area contributed by atoms with E-state index in [1.165, 1.54) is 109 Å². The van der Waals surface area contributed by atoms with E-state index in [1.807, 2.05) is 0 Å². The van der Waals surface area contributed by atoms with Gasteiger partial charge in [-0.2, -0.15) is 0 Å². The van der Waals surface area contributed by atoms with E-state index < -0.39 is 97.5 Å². The average molecular weight is 1190 g/mol. The standard InChI is InChI=1S/C61H118O17P2/c1-7-9-11-13-14-15-18-22-25-32-38-44-59(64)72-50-57(77-60(65)45-39-33-26-23-20-17-16-19-21-24-30-35-41-53(3)4)52-76-80(69,70)74-48-55(62)47-73-79(67,68)75-51-56(49-71-58(63)43-37-29-12-10-8-2)78-61(66)46-40-34-28-27-31-36-42-54(5)6/h53-57,62H,7-52H2,1-6H3,(H,67,68)(H,69,70)/t55-,56+,57+/m0/s1. The van der Waals surface area contributed by atoms with E-state index >= 15 is 0 Å². The number of aliphatic hydroxyl groups is 1. The molecule has 0 saturated carbocycles. The summed E-state index contributed by atoms with van der Waals surface area (Å²) in [7, 11) is -9.87. The number of hydrogen-bond donors (Lipinski definition) is 3. The van der Waals surface area contributed by atoms with Crippen molar-refractivity contribution in [1.82, 2.24) is 0 Å². The highest BCUT2D eigenvalue weighted by Gasteiger charge is 2.30. The van der Waals surface area contributed by atoms with Gasteiger partial charge in [0.2, 0.25) is 0 Å². The smallest absolute Gasteiger partial charge is 0.462 e. The molecule has 3 N–H and O–H groups in total. The minimum Gasteiger partial charge on any atom is -0.462 e. The Hall–Kier alpha value is -1.94. The van der Waals surface area contributed by atoms with Crippen LogP contribution in [0.3, 0.4) is 0 Å². The minimum absolute atomic E-state index is 0.101. The number of hydrogen-bond acceptors (Lipinski definition) is 15. The number of ether oxygens (including phenoxy) is 4. The fourth-order valence-corrected chi connectivity index (χ4v) is 10.6. The second kappa shape index (κ2) is 53.8. The predicted octanol–water partition coefficient (Wildman–Crippen LogP) is 16.5. The fraction of sp³-hybridized carbons (Fsp3) is 0.934. The van der Waals surface area contributed by atoms with Gasteiger partial charge in [0.15, 0.2) is 12.2 Å². The highest BCUT2D eigenvalue weighted by molar-refractivity contribution is 7.47. The van der Waals surface area contributed by atoms with Gasteiger partial charge in [0.25, 0.3) is 0 Å². The lowest BCUT2D eigenvalue weighted by molar-refractivity contribution is -0.161. The number of esters is 4. The molecule has 0 aromatic heterocycles. The van der Waals surface area contributed by atoms with Crippen LogP contribution in [0.4, 0.5) is 0 Å². The lowest BCUT2D eigenvalue weighted by Crippen LogP contribution is -2.30. The van der Waals surface area contributed by atoms with Gasteiger partial charge in [-0.05, 0) is 37.5 Å². The van der Waals surface area contributed by atoms with E-state index in [9.17, 15) is 43.2 Å². The first-order valence-electron chi connectivity index (χ1n) is 32.0. The molecule has 5 atom stereocenters. The molecule has 0 radical (unpaired) electrons. The van der Waals surface area contributed by atoms with Crippen molar-refractivity contribution >= 4 is 39.5 Å². The molecule has 19 heteroatoms. The van der Waals surface area contributed by atoms with Crippen LogP contribution in [0.15, 0.2) is 0 Å². The molecule has 0 bridgehead atoms. The van der Waals surface area contributed by atoms with Crippen LogP contribution >= 0.6 is 15.6 Å². The molecule has 17 nitrogen and oxygen atoms in total. The maximum Gasteiger partial charge on any atom is 0.472 e. The molecule has 0 heterocycles. The molecular weight excluding hydrogens is 1070 g/mol. The summed E-state index contributed by atoms with van der Waals surface area (Å²) in [5, 5.41) is 10.5. The lowest BCUT2D eigenvalue weighted by Gasteiger charge is -2.21. The summed E-state index contributed by atoms with van der Waals surface area (Å²) in [5.74, 6) is -0.705. The largest absolute Gasteiger partial charge is 0.472 e. The topological polar surface area (TPSA) is 237 Å². The van der Waals surface area contributed by atoms with Gasteiger partial charge in [-0.15, -0.1) is 0 Å². The molecular formula is C61H118O17P2. The molecule has 0 aliphatic rings. The first-order valence-corrected chi connectivity index (χ1v) is 35.0. The zero-order chi connectivity index (χ0) is 59.4. The molecule has 0 saturated heterocycles. The number of carbonyl (C=O) groups excluding carboxylic acids is 4. The molecule has 0 aromatic carbocycles. The van der Waals surface area contributed by atoms with E-state index in [2.05, 4.69) is 41.5 Å². The van der Waals surface area contributed by atoms with Crippen molar-refractivity contribution in [3.63, 3.8) is 0 Å². The van der Waals surface area contributed by atoms with Crippen LogP contribution in [0.5, 0.6) is 0 Å². The third-order valence-corrected chi connectivity index (χ3v) is 15.9. The molecule has 80 heavy (non-hydrogen) atoms. The van der Waals surface area contributed by atoms with Crippen LogP contribution in [0.1, 0.15) is 298 Å². The number of rotatable bonds is 60. The molecule has 0 aliphatic heterocycles. The molecule has 0 fully saturated rings. The normalized spacial score (nSPS) is 14.4. The van der Waals surface area contributed by atoms with Gasteiger partial charge in [-0.1, -0.05) is 247 Å². The summed E-state index contributed by atoms with van der Waals surface area (Å²) < 4.78 is 67.6. The second-order valence-corrected chi connectivity index (χ2v) is 25.9. The van der Waals surface area contributed by atoms with Crippen molar-refractivity contribution in [1.29, 1.82) is 0 Å². The zero-order valence-electron chi connectivity index (χ0n) is 51.4. The van der Waals surface area contributed by atoms with E-state index in [-0.39, 0.29) is 25.7 Å². The molecule has 0 rings (SSSR count). The monoisotopic (exact) mass is 1180 g/mol. The van der Waals surface area contributed by atoms with Gasteiger partial charge >= 0.3 is 39.5 Å². The van der Waals surface area contributed by atoms with Crippen molar-refractivity contribution in [2.24, 2.45) is 11.8 Å². The van der Waals surface area contributed by atoms with Crippen molar-refractivity contribution in [2.45, 2.75) is 317 Å².